The van der Waals surface area contributed by atoms with E-state index >= 15 is 0 Å². The van der Waals surface area contributed by atoms with Crippen molar-refractivity contribution in [1.29, 1.82) is 0 Å². The molecule has 2 amide bonds. The number of anilines is 2. The lowest BCUT2D eigenvalue weighted by Gasteiger charge is -2.21. The van der Waals surface area contributed by atoms with Gasteiger partial charge in [0.25, 0.3) is 5.91 Å². The number of carboxylic acids is 1. The summed E-state index contributed by atoms with van der Waals surface area (Å²) < 4.78 is 0. The molecule has 6 heteroatoms. The molecule has 0 heterocycles. The van der Waals surface area contributed by atoms with Crippen LogP contribution in [0.4, 0.5) is 11.4 Å². The number of carbonyl (C=O) groups is 3. The molecule has 0 unspecified atom stereocenters. The lowest BCUT2D eigenvalue weighted by Crippen LogP contribution is -2.22. The molecule has 1 aliphatic rings. The molecule has 2 aromatic rings. The average Bonchev–Trinajstić information content (AvgIpc) is 2.73. The third-order valence-electron chi connectivity index (χ3n) is 5.29. The van der Waals surface area contributed by atoms with Crippen LogP contribution in [0.25, 0.3) is 0 Å². The summed E-state index contributed by atoms with van der Waals surface area (Å²) in [5, 5.41) is 16.4. The Bertz CT molecular complexity index is 871. The van der Waals surface area contributed by atoms with Gasteiger partial charge in [-0.15, -0.1) is 0 Å². The van der Waals surface area contributed by atoms with Crippen LogP contribution >= 0.6 is 0 Å². The minimum absolute atomic E-state index is 0.0361. The van der Waals surface area contributed by atoms with Crippen molar-refractivity contribution in [2.24, 2.45) is 5.92 Å². The maximum atomic E-state index is 12.5. The number of rotatable bonds is 7. The first kappa shape index (κ1) is 20.6. The molecule has 1 fully saturated rings. The molecule has 29 heavy (non-hydrogen) atoms. The fraction of sp³-hybridized carbons (Fsp3) is 0.348. The van der Waals surface area contributed by atoms with E-state index in [0.29, 0.717) is 29.3 Å². The van der Waals surface area contributed by atoms with E-state index in [1.165, 1.54) is 56.4 Å². The van der Waals surface area contributed by atoms with Crippen LogP contribution in [-0.2, 0) is 4.79 Å². The normalized spacial score (nSPS) is 14.2. The van der Waals surface area contributed by atoms with Gasteiger partial charge in [0.05, 0.1) is 5.97 Å². The molecular formula is C23H25N2O4-. The van der Waals surface area contributed by atoms with Crippen molar-refractivity contribution in [2.75, 3.05) is 10.6 Å². The van der Waals surface area contributed by atoms with E-state index in [4.69, 9.17) is 0 Å². The highest BCUT2D eigenvalue weighted by molar-refractivity contribution is 6.05. The summed E-state index contributed by atoms with van der Waals surface area (Å²) in [7, 11) is 0. The maximum Gasteiger partial charge on any atom is 0.255 e. The van der Waals surface area contributed by atoms with E-state index in [-0.39, 0.29) is 17.4 Å². The molecule has 0 spiro atoms. The first-order valence-corrected chi connectivity index (χ1v) is 10.0. The van der Waals surface area contributed by atoms with Gasteiger partial charge in [-0.2, -0.15) is 0 Å². The number of hydrogen-bond donors (Lipinski definition) is 2. The molecule has 1 aliphatic carbocycles. The summed E-state index contributed by atoms with van der Waals surface area (Å²) in [5.41, 5.74) is 1.50. The number of benzene rings is 2. The summed E-state index contributed by atoms with van der Waals surface area (Å²) >= 11 is 0. The predicted octanol–water partition coefficient (Wildman–Crippen LogP) is 3.60. The molecule has 0 radical (unpaired) electrons. The molecule has 0 atom stereocenters. The van der Waals surface area contributed by atoms with Gasteiger partial charge in [0, 0.05) is 23.4 Å². The Morgan fingerprint density at radius 1 is 0.862 bits per heavy atom. The Kier molecular flexibility index (Phi) is 7.00. The van der Waals surface area contributed by atoms with Crippen LogP contribution in [0.2, 0.25) is 0 Å². The molecule has 0 aromatic heterocycles. The van der Waals surface area contributed by atoms with Gasteiger partial charge in [0.15, 0.2) is 0 Å². The molecule has 6 nitrogen and oxygen atoms in total. The second-order valence-corrected chi connectivity index (χ2v) is 7.49. The molecule has 3 rings (SSSR count). The van der Waals surface area contributed by atoms with Crippen molar-refractivity contribution in [3.63, 3.8) is 0 Å². The Morgan fingerprint density at radius 3 is 2.28 bits per heavy atom. The van der Waals surface area contributed by atoms with Gasteiger partial charge in [0.1, 0.15) is 0 Å². The van der Waals surface area contributed by atoms with E-state index in [1.807, 2.05) is 0 Å². The molecule has 1 saturated carbocycles. The van der Waals surface area contributed by atoms with E-state index in [1.54, 1.807) is 24.3 Å². The van der Waals surface area contributed by atoms with Crippen LogP contribution in [0.5, 0.6) is 0 Å². The Hall–Kier alpha value is -3.15. The van der Waals surface area contributed by atoms with Crippen LogP contribution in [-0.4, -0.2) is 17.8 Å². The molecule has 152 valence electrons. The average molecular weight is 393 g/mol. The highest BCUT2D eigenvalue weighted by atomic mass is 16.4. The first-order chi connectivity index (χ1) is 14.0. The summed E-state index contributed by atoms with van der Waals surface area (Å²) in [6, 6.07) is 12.5. The summed E-state index contributed by atoms with van der Waals surface area (Å²) in [4.78, 5) is 35.5. The van der Waals surface area contributed by atoms with E-state index < -0.39 is 5.97 Å². The molecule has 0 bridgehead atoms. The summed E-state index contributed by atoms with van der Waals surface area (Å²) in [6.07, 6.45) is 7.66. The predicted molar refractivity (Wildman–Crippen MR) is 110 cm³/mol. The smallest absolute Gasteiger partial charge is 0.255 e. The molecule has 0 aliphatic heterocycles. The largest absolute Gasteiger partial charge is 0.545 e. The monoisotopic (exact) mass is 393 g/mol. The zero-order chi connectivity index (χ0) is 20.6. The number of amides is 2. The maximum absolute atomic E-state index is 12.5. The van der Waals surface area contributed by atoms with Gasteiger partial charge in [-0.1, -0.05) is 50.3 Å². The second-order valence-electron chi connectivity index (χ2n) is 7.49. The fourth-order valence-electron chi connectivity index (χ4n) is 3.67. The third-order valence-corrected chi connectivity index (χ3v) is 5.29. The van der Waals surface area contributed by atoms with Crippen LogP contribution in [0.3, 0.4) is 0 Å². The molecule has 2 N–H and O–H groups in total. The standard InChI is InChI=1S/C23H26N2O4/c26-21(14-9-16-5-2-1-3-6-16)24-20-8-4-7-18(15-20)22(27)25-19-12-10-17(11-13-19)23(28)29/h4,7-8,10-13,15-16H,1-3,5-6,9,14H2,(H,24,26)(H,25,27)(H,28,29)/p-1. The summed E-state index contributed by atoms with van der Waals surface area (Å²) in [5.74, 6) is -1.000. The topological polar surface area (TPSA) is 98.3 Å². The van der Waals surface area contributed by atoms with Crippen LogP contribution in [0, 0.1) is 5.92 Å². The van der Waals surface area contributed by atoms with Crippen LogP contribution in [0.15, 0.2) is 48.5 Å². The number of carbonyl (C=O) groups excluding carboxylic acids is 3. The van der Waals surface area contributed by atoms with Gasteiger partial charge in [-0.25, -0.2) is 0 Å². The van der Waals surface area contributed by atoms with Crippen molar-refractivity contribution in [2.45, 2.75) is 44.9 Å². The number of hydrogen-bond acceptors (Lipinski definition) is 4. The van der Waals surface area contributed by atoms with Gasteiger partial charge in [-0.3, -0.25) is 9.59 Å². The van der Waals surface area contributed by atoms with E-state index in [9.17, 15) is 19.5 Å². The highest BCUT2D eigenvalue weighted by Crippen LogP contribution is 2.27. The van der Waals surface area contributed by atoms with Crippen molar-refractivity contribution < 1.29 is 19.5 Å². The molecule has 0 saturated heterocycles. The number of nitrogens with one attached hydrogen (secondary N) is 2. The number of carboxylic acid groups (broad SMARTS) is 1. The zero-order valence-electron chi connectivity index (χ0n) is 16.3. The van der Waals surface area contributed by atoms with Crippen molar-refractivity contribution in [3.05, 3.63) is 59.7 Å². The van der Waals surface area contributed by atoms with Crippen molar-refractivity contribution in [3.8, 4) is 0 Å². The van der Waals surface area contributed by atoms with Crippen LogP contribution < -0.4 is 15.7 Å². The van der Waals surface area contributed by atoms with Gasteiger partial charge < -0.3 is 20.5 Å². The minimum atomic E-state index is -1.27. The first-order valence-electron chi connectivity index (χ1n) is 10.0. The lowest BCUT2D eigenvalue weighted by molar-refractivity contribution is -0.255. The van der Waals surface area contributed by atoms with Crippen LogP contribution in [0.1, 0.15) is 65.7 Å². The zero-order valence-corrected chi connectivity index (χ0v) is 16.3. The highest BCUT2D eigenvalue weighted by Gasteiger charge is 2.15. The lowest BCUT2D eigenvalue weighted by atomic mass is 9.86. The van der Waals surface area contributed by atoms with Crippen molar-refractivity contribution in [1.82, 2.24) is 0 Å². The van der Waals surface area contributed by atoms with Crippen molar-refractivity contribution >= 4 is 29.2 Å². The Morgan fingerprint density at radius 2 is 1.59 bits per heavy atom. The molecular weight excluding hydrogens is 368 g/mol. The van der Waals surface area contributed by atoms with E-state index in [0.717, 1.165) is 6.42 Å². The Labute approximate surface area is 170 Å². The quantitative estimate of drug-likeness (QED) is 0.751. The fourth-order valence-corrected chi connectivity index (χ4v) is 3.67. The minimum Gasteiger partial charge on any atom is -0.545 e. The second kappa shape index (κ2) is 9.87. The van der Waals surface area contributed by atoms with Gasteiger partial charge in [-0.05, 0) is 48.2 Å². The number of aromatic carboxylic acids is 1. The Balaban J connectivity index is 1.54. The third kappa shape index (κ3) is 6.17. The molecule has 2 aromatic carbocycles. The van der Waals surface area contributed by atoms with E-state index in [2.05, 4.69) is 10.6 Å². The SMILES string of the molecule is O=C(CCC1CCCCC1)Nc1cccc(C(=O)Nc2ccc(C(=O)[O-])cc2)c1. The summed E-state index contributed by atoms with van der Waals surface area (Å²) in [6.45, 7) is 0. The van der Waals surface area contributed by atoms with Gasteiger partial charge in [0.2, 0.25) is 5.91 Å². The van der Waals surface area contributed by atoms with Gasteiger partial charge >= 0.3 is 0 Å².